The van der Waals surface area contributed by atoms with Gasteiger partial charge in [-0.1, -0.05) is 61.1 Å². The summed E-state index contributed by atoms with van der Waals surface area (Å²) in [5.41, 5.74) is 1.57. The van der Waals surface area contributed by atoms with E-state index in [0.717, 1.165) is 10.0 Å². The molecule has 0 saturated carbocycles. The second-order valence-corrected chi connectivity index (χ2v) is 6.42. The summed E-state index contributed by atoms with van der Waals surface area (Å²) in [7, 11) is 0. The minimum Gasteiger partial charge on any atom is -0.379 e. The Labute approximate surface area is 137 Å². The zero-order valence-corrected chi connectivity index (χ0v) is 14.2. The second kappa shape index (κ2) is 6.44. The summed E-state index contributed by atoms with van der Waals surface area (Å²) in [6.45, 7) is 0.488. The SMILES string of the molecule is Fc1ccc(CNc2c(Cl)cc(Br)cc2Cl)c(Br)c1. The first-order valence-corrected chi connectivity index (χ1v) is 7.64. The maximum absolute atomic E-state index is 13.0. The zero-order valence-electron chi connectivity index (χ0n) is 9.48. The van der Waals surface area contributed by atoms with Gasteiger partial charge in [0.15, 0.2) is 0 Å². The lowest BCUT2D eigenvalue weighted by molar-refractivity contribution is 0.626. The summed E-state index contributed by atoms with van der Waals surface area (Å²) in [6, 6.07) is 8.05. The molecule has 0 aromatic heterocycles. The lowest BCUT2D eigenvalue weighted by atomic mass is 10.2. The van der Waals surface area contributed by atoms with Crippen LogP contribution < -0.4 is 5.32 Å². The molecule has 19 heavy (non-hydrogen) atoms. The smallest absolute Gasteiger partial charge is 0.124 e. The second-order valence-electron chi connectivity index (χ2n) is 3.83. The minimum absolute atomic E-state index is 0.282. The monoisotopic (exact) mass is 425 g/mol. The minimum atomic E-state index is -0.282. The van der Waals surface area contributed by atoms with E-state index in [2.05, 4.69) is 37.2 Å². The molecule has 0 amide bonds. The van der Waals surface area contributed by atoms with Gasteiger partial charge in [0, 0.05) is 15.5 Å². The van der Waals surface area contributed by atoms with Crippen LogP contribution in [0.1, 0.15) is 5.56 Å². The average Bonchev–Trinajstić information content (AvgIpc) is 2.30. The lowest BCUT2D eigenvalue weighted by Crippen LogP contribution is -2.01. The molecule has 0 heterocycles. The first kappa shape index (κ1) is 15.1. The van der Waals surface area contributed by atoms with E-state index in [0.29, 0.717) is 26.8 Å². The molecule has 100 valence electrons. The topological polar surface area (TPSA) is 12.0 Å². The number of anilines is 1. The van der Waals surface area contributed by atoms with Gasteiger partial charge in [-0.15, -0.1) is 0 Å². The third kappa shape index (κ3) is 3.85. The van der Waals surface area contributed by atoms with Crippen LogP contribution in [0.4, 0.5) is 10.1 Å². The van der Waals surface area contributed by atoms with Gasteiger partial charge in [-0.25, -0.2) is 4.39 Å². The Balaban J connectivity index is 2.19. The third-order valence-corrected chi connectivity index (χ3v) is 4.27. The molecule has 0 radical (unpaired) electrons. The fraction of sp³-hybridized carbons (Fsp3) is 0.0769. The molecule has 0 saturated heterocycles. The molecule has 0 bridgehead atoms. The Kier molecular flexibility index (Phi) is 5.12. The van der Waals surface area contributed by atoms with E-state index in [1.807, 2.05) is 0 Å². The molecule has 2 rings (SSSR count). The first-order chi connectivity index (χ1) is 8.97. The van der Waals surface area contributed by atoms with Crippen molar-refractivity contribution in [3.63, 3.8) is 0 Å². The van der Waals surface area contributed by atoms with Crippen molar-refractivity contribution in [1.29, 1.82) is 0 Å². The Morgan fingerprint density at radius 2 is 1.68 bits per heavy atom. The highest BCUT2D eigenvalue weighted by atomic mass is 79.9. The van der Waals surface area contributed by atoms with Gasteiger partial charge in [0.2, 0.25) is 0 Å². The highest BCUT2D eigenvalue weighted by molar-refractivity contribution is 9.10. The molecule has 2 aromatic carbocycles. The van der Waals surface area contributed by atoms with Gasteiger partial charge in [0.1, 0.15) is 5.82 Å². The summed E-state index contributed by atoms with van der Waals surface area (Å²) < 4.78 is 14.5. The van der Waals surface area contributed by atoms with Crippen molar-refractivity contribution >= 4 is 60.7 Å². The molecular weight excluding hydrogens is 420 g/mol. The van der Waals surface area contributed by atoms with Gasteiger partial charge in [-0.3, -0.25) is 0 Å². The van der Waals surface area contributed by atoms with E-state index in [4.69, 9.17) is 23.2 Å². The van der Waals surface area contributed by atoms with Crippen molar-refractivity contribution in [2.75, 3.05) is 5.32 Å². The summed E-state index contributed by atoms with van der Waals surface area (Å²) in [6.07, 6.45) is 0. The Hall–Kier alpha value is -0.290. The van der Waals surface area contributed by atoms with Crippen molar-refractivity contribution in [3.05, 3.63) is 60.7 Å². The molecular formula is C13H8Br2Cl2FN. The average molecular weight is 428 g/mol. The van der Waals surface area contributed by atoms with E-state index >= 15 is 0 Å². The van der Waals surface area contributed by atoms with Crippen LogP contribution in [-0.4, -0.2) is 0 Å². The van der Waals surface area contributed by atoms with Gasteiger partial charge >= 0.3 is 0 Å². The van der Waals surface area contributed by atoms with Crippen LogP contribution >= 0.6 is 55.1 Å². The van der Waals surface area contributed by atoms with Crippen molar-refractivity contribution < 1.29 is 4.39 Å². The number of benzene rings is 2. The van der Waals surface area contributed by atoms with Crippen molar-refractivity contribution in [2.24, 2.45) is 0 Å². The quantitative estimate of drug-likeness (QED) is 0.608. The summed E-state index contributed by atoms with van der Waals surface area (Å²) in [5, 5.41) is 4.20. The van der Waals surface area contributed by atoms with E-state index in [9.17, 15) is 4.39 Å². The van der Waals surface area contributed by atoms with Gasteiger partial charge in [0.05, 0.1) is 15.7 Å². The normalized spacial score (nSPS) is 10.6. The van der Waals surface area contributed by atoms with Crippen LogP contribution in [-0.2, 0) is 6.54 Å². The van der Waals surface area contributed by atoms with Crippen LogP contribution in [0, 0.1) is 5.82 Å². The zero-order chi connectivity index (χ0) is 14.0. The van der Waals surface area contributed by atoms with Crippen molar-refractivity contribution in [1.82, 2.24) is 0 Å². The molecule has 0 atom stereocenters. The molecule has 0 fully saturated rings. The predicted octanol–water partition coefficient (Wildman–Crippen LogP) is 6.27. The maximum atomic E-state index is 13.0. The van der Waals surface area contributed by atoms with E-state index < -0.39 is 0 Å². The highest BCUT2D eigenvalue weighted by Crippen LogP contribution is 2.34. The fourth-order valence-corrected chi connectivity index (χ4v) is 3.39. The highest BCUT2D eigenvalue weighted by Gasteiger charge is 2.08. The molecule has 0 spiro atoms. The van der Waals surface area contributed by atoms with Crippen LogP contribution in [0.5, 0.6) is 0 Å². The van der Waals surface area contributed by atoms with E-state index in [-0.39, 0.29) is 5.82 Å². The molecule has 0 aliphatic rings. The van der Waals surface area contributed by atoms with Crippen molar-refractivity contribution in [3.8, 4) is 0 Å². The van der Waals surface area contributed by atoms with Gasteiger partial charge in [-0.2, -0.15) is 0 Å². The van der Waals surface area contributed by atoms with Gasteiger partial charge in [0.25, 0.3) is 0 Å². The fourth-order valence-electron chi connectivity index (χ4n) is 1.56. The largest absolute Gasteiger partial charge is 0.379 e. The van der Waals surface area contributed by atoms with E-state index in [1.165, 1.54) is 12.1 Å². The molecule has 6 heteroatoms. The Morgan fingerprint density at radius 1 is 1.05 bits per heavy atom. The summed E-state index contributed by atoms with van der Waals surface area (Å²) in [4.78, 5) is 0. The number of nitrogens with one attached hydrogen (secondary N) is 1. The number of halogens is 5. The van der Waals surface area contributed by atoms with Gasteiger partial charge in [-0.05, 0) is 29.8 Å². The summed E-state index contributed by atoms with van der Waals surface area (Å²) in [5.74, 6) is -0.282. The number of rotatable bonds is 3. The van der Waals surface area contributed by atoms with Gasteiger partial charge < -0.3 is 5.32 Å². The standard InChI is InChI=1S/C13H8Br2Cl2FN/c14-8-3-11(16)13(12(17)4-8)19-6-7-1-2-9(18)5-10(7)15/h1-5,19H,6H2. The number of hydrogen-bond acceptors (Lipinski definition) is 1. The number of hydrogen-bond donors (Lipinski definition) is 1. The Morgan fingerprint density at radius 3 is 2.26 bits per heavy atom. The van der Waals surface area contributed by atoms with Crippen LogP contribution in [0.2, 0.25) is 10.0 Å². The Bertz CT molecular complexity index is 597. The maximum Gasteiger partial charge on any atom is 0.124 e. The van der Waals surface area contributed by atoms with Crippen molar-refractivity contribution in [2.45, 2.75) is 6.54 Å². The molecule has 0 unspecified atom stereocenters. The molecule has 1 N–H and O–H groups in total. The van der Waals surface area contributed by atoms with Crippen LogP contribution in [0.15, 0.2) is 39.3 Å². The molecule has 0 aliphatic carbocycles. The van der Waals surface area contributed by atoms with Crippen LogP contribution in [0.3, 0.4) is 0 Å². The summed E-state index contributed by atoms with van der Waals surface area (Å²) >= 11 is 18.9. The van der Waals surface area contributed by atoms with E-state index in [1.54, 1.807) is 18.2 Å². The first-order valence-electron chi connectivity index (χ1n) is 5.29. The van der Waals surface area contributed by atoms with Crippen LogP contribution in [0.25, 0.3) is 0 Å². The lowest BCUT2D eigenvalue weighted by Gasteiger charge is -2.12. The molecule has 1 nitrogen and oxygen atoms in total. The molecule has 0 aliphatic heterocycles. The molecule has 2 aromatic rings. The third-order valence-electron chi connectivity index (χ3n) is 2.48. The predicted molar refractivity (Wildman–Crippen MR) is 85.6 cm³/mol.